The zero-order chi connectivity index (χ0) is 13.5. The number of nitrogens with one attached hydrogen (secondary N) is 1. The molecule has 1 aromatic carbocycles. The predicted octanol–water partition coefficient (Wildman–Crippen LogP) is 3.81. The van der Waals surface area contributed by atoms with Gasteiger partial charge in [-0.25, -0.2) is 0 Å². The predicted molar refractivity (Wildman–Crippen MR) is 84.7 cm³/mol. The first kappa shape index (κ1) is 13.4. The lowest BCUT2D eigenvalue weighted by molar-refractivity contribution is 0.252. The van der Waals surface area contributed by atoms with Crippen LogP contribution in [0, 0.1) is 5.92 Å². The molecule has 0 bridgehead atoms. The number of nitrogens with zero attached hydrogens (tertiary/aromatic N) is 1. The lowest BCUT2D eigenvalue weighted by Crippen LogP contribution is -2.64. The first-order valence-corrected chi connectivity index (χ1v) is 8.19. The van der Waals surface area contributed by atoms with E-state index in [4.69, 9.17) is 0 Å². The van der Waals surface area contributed by atoms with Gasteiger partial charge in [-0.3, -0.25) is 0 Å². The SMILES string of the molecule is CCC1CNC(C)(C2CC2)CN1c1ccccc1Br. The Morgan fingerprint density at radius 2 is 2.11 bits per heavy atom. The quantitative estimate of drug-likeness (QED) is 0.910. The smallest absolute Gasteiger partial charge is 0.0514 e. The van der Waals surface area contributed by atoms with Crippen LogP contribution in [0.2, 0.25) is 0 Å². The number of piperazine rings is 1. The third-order valence-electron chi connectivity index (χ3n) is 4.79. The fourth-order valence-corrected chi connectivity index (χ4v) is 3.84. The van der Waals surface area contributed by atoms with Gasteiger partial charge in [0.15, 0.2) is 0 Å². The van der Waals surface area contributed by atoms with Crippen LogP contribution < -0.4 is 10.2 Å². The lowest BCUT2D eigenvalue weighted by atomic mass is 9.90. The third-order valence-corrected chi connectivity index (χ3v) is 5.46. The second kappa shape index (κ2) is 5.10. The molecule has 104 valence electrons. The Bertz CT molecular complexity index is 458. The summed E-state index contributed by atoms with van der Waals surface area (Å²) < 4.78 is 1.22. The molecule has 2 aliphatic rings. The van der Waals surface area contributed by atoms with Crippen LogP contribution in [0.4, 0.5) is 5.69 Å². The summed E-state index contributed by atoms with van der Waals surface area (Å²) in [5.41, 5.74) is 1.64. The molecule has 2 nitrogen and oxygen atoms in total. The van der Waals surface area contributed by atoms with Crippen molar-refractivity contribution in [3.8, 4) is 0 Å². The molecule has 1 aliphatic heterocycles. The number of rotatable bonds is 3. The van der Waals surface area contributed by atoms with Crippen molar-refractivity contribution in [2.24, 2.45) is 5.92 Å². The molecule has 1 aliphatic carbocycles. The summed E-state index contributed by atoms with van der Waals surface area (Å²) >= 11 is 3.72. The topological polar surface area (TPSA) is 15.3 Å². The minimum atomic E-state index is 0.293. The van der Waals surface area contributed by atoms with Crippen LogP contribution >= 0.6 is 15.9 Å². The van der Waals surface area contributed by atoms with Gasteiger partial charge in [-0.2, -0.15) is 0 Å². The molecule has 1 saturated carbocycles. The molecule has 0 aromatic heterocycles. The highest BCUT2D eigenvalue weighted by atomic mass is 79.9. The molecule has 2 fully saturated rings. The van der Waals surface area contributed by atoms with Crippen molar-refractivity contribution < 1.29 is 0 Å². The van der Waals surface area contributed by atoms with E-state index in [-0.39, 0.29) is 0 Å². The van der Waals surface area contributed by atoms with E-state index in [0.29, 0.717) is 11.6 Å². The number of benzene rings is 1. The molecule has 0 amide bonds. The van der Waals surface area contributed by atoms with Crippen molar-refractivity contribution in [3.05, 3.63) is 28.7 Å². The normalized spacial score (nSPS) is 31.5. The molecule has 1 heterocycles. The van der Waals surface area contributed by atoms with Gasteiger partial charge in [-0.15, -0.1) is 0 Å². The molecule has 2 unspecified atom stereocenters. The van der Waals surface area contributed by atoms with Gasteiger partial charge >= 0.3 is 0 Å². The highest BCUT2D eigenvalue weighted by Crippen LogP contribution is 2.43. The molecule has 1 aromatic rings. The Kier molecular flexibility index (Phi) is 3.61. The monoisotopic (exact) mass is 322 g/mol. The van der Waals surface area contributed by atoms with Crippen molar-refractivity contribution >= 4 is 21.6 Å². The first-order valence-electron chi connectivity index (χ1n) is 7.40. The van der Waals surface area contributed by atoms with Crippen LogP contribution in [0.3, 0.4) is 0 Å². The number of hydrogen-bond donors (Lipinski definition) is 1. The average Bonchev–Trinajstić information content (AvgIpc) is 3.24. The van der Waals surface area contributed by atoms with Crippen LogP contribution in [0.15, 0.2) is 28.7 Å². The van der Waals surface area contributed by atoms with Gasteiger partial charge < -0.3 is 10.2 Å². The molecular weight excluding hydrogens is 300 g/mol. The molecule has 19 heavy (non-hydrogen) atoms. The summed E-state index contributed by atoms with van der Waals surface area (Å²) in [5, 5.41) is 3.82. The Hall–Kier alpha value is -0.540. The number of para-hydroxylation sites is 1. The van der Waals surface area contributed by atoms with Gasteiger partial charge in [0.1, 0.15) is 0 Å². The largest absolute Gasteiger partial charge is 0.365 e. The highest BCUT2D eigenvalue weighted by molar-refractivity contribution is 9.10. The van der Waals surface area contributed by atoms with Gasteiger partial charge in [0.2, 0.25) is 0 Å². The van der Waals surface area contributed by atoms with Gasteiger partial charge in [-0.05, 0) is 60.2 Å². The maximum Gasteiger partial charge on any atom is 0.0514 e. The summed E-state index contributed by atoms with van der Waals surface area (Å²) in [4.78, 5) is 2.61. The minimum absolute atomic E-state index is 0.293. The zero-order valence-electron chi connectivity index (χ0n) is 11.8. The summed E-state index contributed by atoms with van der Waals surface area (Å²) in [6, 6.07) is 9.23. The molecule has 3 heteroatoms. The maximum absolute atomic E-state index is 3.82. The molecule has 2 atom stereocenters. The molecule has 3 rings (SSSR count). The first-order chi connectivity index (χ1) is 9.14. The van der Waals surface area contributed by atoms with E-state index in [1.807, 2.05) is 0 Å². The standard InChI is InChI=1S/C16H23BrN2/c1-3-13-10-18-16(2,12-8-9-12)11-19(13)15-7-5-4-6-14(15)17/h4-7,12-13,18H,3,8-11H2,1-2H3. The molecule has 0 radical (unpaired) electrons. The summed E-state index contributed by atoms with van der Waals surface area (Å²) in [7, 11) is 0. The Labute approximate surface area is 124 Å². The number of anilines is 1. The van der Waals surface area contributed by atoms with E-state index in [2.05, 4.69) is 64.3 Å². The summed E-state index contributed by atoms with van der Waals surface area (Å²) in [6.45, 7) is 6.92. The summed E-state index contributed by atoms with van der Waals surface area (Å²) in [5.74, 6) is 0.871. The van der Waals surface area contributed by atoms with Crippen molar-refractivity contribution in [1.82, 2.24) is 5.32 Å². The highest BCUT2D eigenvalue weighted by Gasteiger charge is 2.45. The van der Waals surface area contributed by atoms with Crippen LogP contribution in [0.5, 0.6) is 0 Å². The number of halogens is 1. The van der Waals surface area contributed by atoms with E-state index in [1.54, 1.807) is 0 Å². The maximum atomic E-state index is 3.82. The molecular formula is C16H23BrN2. The zero-order valence-corrected chi connectivity index (χ0v) is 13.4. The fourth-order valence-electron chi connectivity index (χ4n) is 3.33. The second-order valence-electron chi connectivity index (χ2n) is 6.21. The van der Waals surface area contributed by atoms with Gasteiger partial charge in [0.05, 0.1) is 5.69 Å². The van der Waals surface area contributed by atoms with Gasteiger partial charge in [0.25, 0.3) is 0 Å². The van der Waals surface area contributed by atoms with Gasteiger partial charge in [0, 0.05) is 29.1 Å². The minimum Gasteiger partial charge on any atom is -0.365 e. The fraction of sp³-hybridized carbons (Fsp3) is 0.625. The Balaban J connectivity index is 1.89. The summed E-state index contributed by atoms with van der Waals surface area (Å²) in [6.07, 6.45) is 3.98. The number of hydrogen-bond acceptors (Lipinski definition) is 2. The second-order valence-corrected chi connectivity index (χ2v) is 7.07. The van der Waals surface area contributed by atoms with Crippen LogP contribution in [0.1, 0.15) is 33.1 Å². The van der Waals surface area contributed by atoms with Crippen LogP contribution in [0.25, 0.3) is 0 Å². The molecule has 1 saturated heterocycles. The van der Waals surface area contributed by atoms with Crippen LogP contribution in [-0.2, 0) is 0 Å². The van der Waals surface area contributed by atoms with Crippen molar-refractivity contribution in [2.45, 2.75) is 44.7 Å². The van der Waals surface area contributed by atoms with E-state index in [1.165, 1.54) is 29.4 Å². The van der Waals surface area contributed by atoms with Crippen molar-refractivity contribution in [2.75, 3.05) is 18.0 Å². The van der Waals surface area contributed by atoms with Crippen molar-refractivity contribution in [3.63, 3.8) is 0 Å². The van der Waals surface area contributed by atoms with E-state index in [9.17, 15) is 0 Å². The van der Waals surface area contributed by atoms with E-state index >= 15 is 0 Å². The van der Waals surface area contributed by atoms with Crippen molar-refractivity contribution in [1.29, 1.82) is 0 Å². The average molecular weight is 323 g/mol. The third kappa shape index (κ3) is 2.55. The lowest BCUT2D eigenvalue weighted by Gasteiger charge is -2.48. The van der Waals surface area contributed by atoms with Gasteiger partial charge in [-0.1, -0.05) is 19.1 Å². The Morgan fingerprint density at radius 3 is 2.74 bits per heavy atom. The van der Waals surface area contributed by atoms with Crippen LogP contribution in [-0.4, -0.2) is 24.7 Å². The van der Waals surface area contributed by atoms with E-state index in [0.717, 1.165) is 19.0 Å². The Morgan fingerprint density at radius 1 is 1.37 bits per heavy atom. The molecule has 0 spiro atoms. The van der Waals surface area contributed by atoms with E-state index < -0.39 is 0 Å². The molecule has 1 N–H and O–H groups in total.